The van der Waals surface area contributed by atoms with Crippen LogP contribution in [0.4, 0.5) is 0 Å². The molecule has 0 spiro atoms. The Labute approximate surface area is 104 Å². The molecule has 3 nitrogen and oxygen atoms in total. The van der Waals surface area contributed by atoms with Crippen molar-refractivity contribution < 1.29 is 9.53 Å². The third-order valence-corrected chi connectivity index (χ3v) is 3.33. The second-order valence-corrected chi connectivity index (χ2v) is 4.82. The molecule has 4 heteroatoms. The summed E-state index contributed by atoms with van der Waals surface area (Å²) >= 11 is 3.37. The van der Waals surface area contributed by atoms with Gasteiger partial charge in [-0.05, 0) is 24.6 Å². The number of carbonyl (C=O) groups is 1. The van der Waals surface area contributed by atoms with Gasteiger partial charge >= 0.3 is 0 Å². The third kappa shape index (κ3) is 2.44. The lowest BCUT2D eigenvalue weighted by molar-refractivity contribution is 0.0724. The van der Waals surface area contributed by atoms with Crippen LogP contribution in [0.15, 0.2) is 28.7 Å². The van der Waals surface area contributed by atoms with Gasteiger partial charge in [-0.3, -0.25) is 4.79 Å². The number of likely N-dealkylation sites (tertiary alicyclic amines) is 1. The number of methoxy groups -OCH3 is 1. The first-order chi connectivity index (χ1) is 7.70. The summed E-state index contributed by atoms with van der Waals surface area (Å²) in [5.74, 6) is 0.0841. The molecule has 0 aromatic heterocycles. The van der Waals surface area contributed by atoms with Gasteiger partial charge in [0.2, 0.25) is 0 Å². The van der Waals surface area contributed by atoms with E-state index in [0.29, 0.717) is 6.54 Å². The van der Waals surface area contributed by atoms with Crippen molar-refractivity contribution in [2.75, 3.05) is 20.2 Å². The number of hydrogen-bond donors (Lipinski definition) is 0. The van der Waals surface area contributed by atoms with Gasteiger partial charge in [-0.2, -0.15) is 0 Å². The summed E-state index contributed by atoms with van der Waals surface area (Å²) in [6.07, 6.45) is 1.12. The Hall–Kier alpha value is -0.870. The van der Waals surface area contributed by atoms with E-state index >= 15 is 0 Å². The molecule has 86 valence electrons. The number of benzene rings is 1. The fraction of sp³-hybridized carbons (Fsp3) is 0.417. The summed E-state index contributed by atoms with van der Waals surface area (Å²) < 4.78 is 6.18. The first-order valence-electron chi connectivity index (χ1n) is 5.28. The first-order valence-corrected chi connectivity index (χ1v) is 6.07. The largest absolute Gasteiger partial charge is 0.380 e. The Bertz CT molecular complexity index is 394. The van der Waals surface area contributed by atoms with E-state index in [1.807, 2.05) is 29.2 Å². The van der Waals surface area contributed by atoms with E-state index in [1.165, 1.54) is 0 Å². The predicted octanol–water partition coefficient (Wildman–Crippen LogP) is 2.31. The molecule has 1 saturated heterocycles. The third-order valence-electron chi connectivity index (χ3n) is 2.84. The summed E-state index contributed by atoms with van der Waals surface area (Å²) in [4.78, 5) is 14.0. The van der Waals surface area contributed by atoms with Gasteiger partial charge in [0.25, 0.3) is 5.91 Å². The molecule has 0 aliphatic carbocycles. The standard InChI is InChI=1S/C12H14BrNO2/c1-16-11-5-6-14(8-11)12(15)9-3-2-4-10(13)7-9/h2-4,7,11H,5-6,8H2,1H3. The minimum absolute atomic E-state index is 0.0841. The number of halogens is 1. The molecule has 1 aliphatic rings. The van der Waals surface area contributed by atoms with E-state index in [1.54, 1.807) is 7.11 Å². The molecule has 1 aromatic carbocycles. The van der Waals surface area contributed by atoms with Crippen molar-refractivity contribution in [2.24, 2.45) is 0 Å². The number of ether oxygens (including phenoxy) is 1. The van der Waals surface area contributed by atoms with E-state index in [-0.39, 0.29) is 12.0 Å². The van der Waals surface area contributed by atoms with Crippen LogP contribution in [0.5, 0.6) is 0 Å². The smallest absolute Gasteiger partial charge is 0.253 e. The van der Waals surface area contributed by atoms with Crippen molar-refractivity contribution in [1.82, 2.24) is 4.90 Å². The number of nitrogens with zero attached hydrogens (tertiary/aromatic N) is 1. The normalized spacial score (nSPS) is 20.1. The van der Waals surface area contributed by atoms with Crippen LogP contribution in [0.25, 0.3) is 0 Å². The maximum absolute atomic E-state index is 12.1. The highest BCUT2D eigenvalue weighted by molar-refractivity contribution is 9.10. The average molecular weight is 284 g/mol. The monoisotopic (exact) mass is 283 g/mol. The van der Waals surface area contributed by atoms with Crippen LogP contribution >= 0.6 is 15.9 Å². The van der Waals surface area contributed by atoms with Gasteiger partial charge < -0.3 is 9.64 Å². The number of rotatable bonds is 2. The van der Waals surface area contributed by atoms with Gasteiger partial charge in [0.1, 0.15) is 0 Å². The van der Waals surface area contributed by atoms with Gasteiger partial charge in [-0.1, -0.05) is 22.0 Å². The highest BCUT2D eigenvalue weighted by atomic mass is 79.9. The van der Waals surface area contributed by atoms with Crippen LogP contribution in [0.3, 0.4) is 0 Å². The predicted molar refractivity (Wildman–Crippen MR) is 65.5 cm³/mol. The van der Waals surface area contributed by atoms with Crippen molar-refractivity contribution >= 4 is 21.8 Å². The zero-order valence-corrected chi connectivity index (χ0v) is 10.7. The minimum atomic E-state index is 0.0841. The Morgan fingerprint density at radius 3 is 3.00 bits per heavy atom. The molecule has 1 aliphatic heterocycles. The SMILES string of the molecule is COC1CCN(C(=O)c2cccc(Br)c2)C1. The first kappa shape index (κ1) is 11.6. The highest BCUT2D eigenvalue weighted by Crippen LogP contribution is 2.18. The molecule has 1 fully saturated rings. The molecular formula is C12H14BrNO2. The lowest BCUT2D eigenvalue weighted by Crippen LogP contribution is -2.29. The molecule has 1 unspecified atom stereocenters. The van der Waals surface area contributed by atoms with E-state index in [2.05, 4.69) is 15.9 Å². The van der Waals surface area contributed by atoms with Crippen LogP contribution in [-0.2, 0) is 4.74 Å². The summed E-state index contributed by atoms with van der Waals surface area (Å²) in [6.45, 7) is 1.48. The number of hydrogen-bond acceptors (Lipinski definition) is 2. The molecule has 0 bridgehead atoms. The van der Waals surface area contributed by atoms with Crippen molar-refractivity contribution in [2.45, 2.75) is 12.5 Å². The van der Waals surface area contributed by atoms with Gasteiger partial charge in [-0.15, -0.1) is 0 Å². The van der Waals surface area contributed by atoms with Crippen LogP contribution in [-0.4, -0.2) is 37.1 Å². The fourth-order valence-electron chi connectivity index (χ4n) is 1.91. The van der Waals surface area contributed by atoms with E-state index < -0.39 is 0 Å². The lowest BCUT2D eigenvalue weighted by atomic mass is 10.2. The summed E-state index contributed by atoms with van der Waals surface area (Å²) in [5, 5.41) is 0. The van der Waals surface area contributed by atoms with Crippen LogP contribution < -0.4 is 0 Å². The molecule has 0 saturated carbocycles. The van der Waals surface area contributed by atoms with E-state index in [4.69, 9.17) is 4.74 Å². The van der Waals surface area contributed by atoms with Crippen molar-refractivity contribution in [3.63, 3.8) is 0 Å². The fourth-order valence-corrected chi connectivity index (χ4v) is 2.31. The molecule has 1 heterocycles. The zero-order chi connectivity index (χ0) is 11.5. The molecule has 1 amide bonds. The maximum atomic E-state index is 12.1. The summed E-state index contributed by atoms with van der Waals surface area (Å²) in [5.41, 5.74) is 0.728. The molecule has 1 aromatic rings. The van der Waals surface area contributed by atoms with Crippen molar-refractivity contribution in [3.05, 3.63) is 34.3 Å². The summed E-state index contributed by atoms with van der Waals surface area (Å²) in [7, 11) is 1.69. The highest BCUT2D eigenvalue weighted by Gasteiger charge is 2.26. The molecule has 1 atom stereocenters. The van der Waals surface area contributed by atoms with Crippen LogP contribution in [0.2, 0.25) is 0 Å². The molecule has 16 heavy (non-hydrogen) atoms. The Morgan fingerprint density at radius 2 is 2.38 bits per heavy atom. The Balaban J connectivity index is 2.08. The van der Waals surface area contributed by atoms with E-state index in [0.717, 1.165) is 23.0 Å². The van der Waals surface area contributed by atoms with Gasteiger partial charge in [0, 0.05) is 30.2 Å². The topological polar surface area (TPSA) is 29.5 Å². The number of amides is 1. The van der Waals surface area contributed by atoms with E-state index in [9.17, 15) is 4.79 Å². The second-order valence-electron chi connectivity index (χ2n) is 3.91. The Kier molecular flexibility index (Phi) is 3.61. The van der Waals surface area contributed by atoms with Gasteiger partial charge in [0.05, 0.1) is 6.10 Å². The Morgan fingerprint density at radius 1 is 1.56 bits per heavy atom. The van der Waals surface area contributed by atoms with Crippen molar-refractivity contribution in [3.8, 4) is 0 Å². The van der Waals surface area contributed by atoms with Crippen molar-refractivity contribution in [1.29, 1.82) is 0 Å². The second kappa shape index (κ2) is 4.97. The van der Waals surface area contributed by atoms with Crippen LogP contribution in [0, 0.1) is 0 Å². The molecule has 0 N–H and O–H groups in total. The molecular weight excluding hydrogens is 270 g/mol. The average Bonchev–Trinajstić information content (AvgIpc) is 2.76. The van der Waals surface area contributed by atoms with Gasteiger partial charge in [-0.25, -0.2) is 0 Å². The summed E-state index contributed by atoms with van der Waals surface area (Å²) in [6, 6.07) is 7.48. The van der Waals surface area contributed by atoms with Crippen LogP contribution in [0.1, 0.15) is 16.8 Å². The lowest BCUT2D eigenvalue weighted by Gasteiger charge is -2.16. The zero-order valence-electron chi connectivity index (χ0n) is 9.15. The number of carbonyl (C=O) groups excluding carboxylic acids is 1. The minimum Gasteiger partial charge on any atom is -0.380 e. The van der Waals surface area contributed by atoms with Gasteiger partial charge in [0.15, 0.2) is 0 Å². The maximum Gasteiger partial charge on any atom is 0.253 e. The quantitative estimate of drug-likeness (QED) is 0.834. The molecule has 0 radical (unpaired) electrons. The molecule has 2 rings (SSSR count).